The van der Waals surface area contributed by atoms with Crippen molar-refractivity contribution in [1.82, 2.24) is 0 Å². The Morgan fingerprint density at radius 2 is 2.24 bits per heavy atom. The topological polar surface area (TPSA) is 63.4 Å². The SMILES string of the molecule is O=[N+]([O-])c1cccc(Cl)c1CC1CCCC1O. The van der Waals surface area contributed by atoms with Gasteiger partial charge in [0.05, 0.1) is 16.0 Å². The monoisotopic (exact) mass is 255 g/mol. The molecule has 5 heteroatoms. The second kappa shape index (κ2) is 5.02. The highest BCUT2D eigenvalue weighted by Crippen LogP contribution is 2.34. The summed E-state index contributed by atoms with van der Waals surface area (Å²) in [5.74, 6) is 0.0913. The van der Waals surface area contributed by atoms with Crippen LogP contribution in [0.3, 0.4) is 0 Å². The normalized spacial score (nSPS) is 23.9. The average molecular weight is 256 g/mol. The average Bonchev–Trinajstić information content (AvgIpc) is 2.67. The first kappa shape index (κ1) is 12.3. The minimum atomic E-state index is -0.414. The molecule has 0 amide bonds. The summed E-state index contributed by atoms with van der Waals surface area (Å²) >= 11 is 6.01. The Hall–Kier alpha value is -1.13. The highest BCUT2D eigenvalue weighted by molar-refractivity contribution is 6.31. The number of nitrogens with zero attached hydrogens (tertiary/aromatic N) is 1. The summed E-state index contributed by atoms with van der Waals surface area (Å²) in [6, 6.07) is 4.70. The molecule has 1 saturated carbocycles. The number of aliphatic hydroxyl groups is 1. The molecule has 4 nitrogen and oxygen atoms in total. The smallest absolute Gasteiger partial charge is 0.274 e. The second-order valence-corrected chi connectivity index (χ2v) is 4.86. The fraction of sp³-hybridized carbons (Fsp3) is 0.500. The first-order valence-electron chi connectivity index (χ1n) is 5.69. The third kappa shape index (κ3) is 2.58. The van der Waals surface area contributed by atoms with E-state index >= 15 is 0 Å². The van der Waals surface area contributed by atoms with Crippen molar-refractivity contribution in [3.05, 3.63) is 38.9 Å². The van der Waals surface area contributed by atoms with Gasteiger partial charge in [-0.15, -0.1) is 0 Å². The molecule has 0 saturated heterocycles. The van der Waals surface area contributed by atoms with Crippen LogP contribution in [-0.2, 0) is 6.42 Å². The fourth-order valence-corrected chi connectivity index (χ4v) is 2.68. The summed E-state index contributed by atoms with van der Waals surface area (Å²) in [5, 5.41) is 21.1. The van der Waals surface area contributed by atoms with Crippen molar-refractivity contribution in [2.75, 3.05) is 0 Å². The van der Waals surface area contributed by atoms with Crippen LogP contribution in [0, 0.1) is 16.0 Å². The first-order chi connectivity index (χ1) is 8.09. The van der Waals surface area contributed by atoms with Crippen molar-refractivity contribution in [2.24, 2.45) is 5.92 Å². The largest absolute Gasteiger partial charge is 0.393 e. The molecule has 1 aliphatic rings. The molecule has 2 atom stereocenters. The maximum absolute atomic E-state index is 10.9. The number of rotatable bonds is 3. The highest BCUT2D eigenvalue weighted by atomic mass is 35.5. The Morgan fingerprint density at radius 1 is 1.47 bits per heavy atom. The van der Waals surface area contributed by atoms with Crippen LogP contribution in [0.1, 0.15) is 24.8 Å². The van der Waals surface area contributed by atoms with E-state index in [1.165, 1.54) is 6.07 Å². The Kier molecular flexibility index (Phi) is 3.64. The van der Waals surface area contributed by atoms with E-state index in [9.17, 15) is 15.2 Å². The van der Waals surface area contributed by atoms with Gasteiger partial charge in [-0.1, -0.05) is 24.1 Å². The summed E-state index contributed by atoms with van der Waals surface area (Å²) in [5.41, 5.74) is 0.599. The quantitative estimate of drug-likeness (QED) is 0.667. The van der Waals surface area contributed by atoms with Crippen molar-refractivity contribution >= 4 is 17.3 Å². The van der Waals surface area contributed by atoms with E-state index in [-0.39, 0.29) is 17.7 Å². The molecule has 1 aromatic carbocycles. The predicted octanol–water partition coefficient (Wildman–Crippen LogP) is 2.95. The number of hydrogen-bond acceptors (Lipinski definition) is 3. The zero-order chi connectivity index (χ0) is 12.4. The van der Waals surface area contributed by atoms with Crippen LogP contribution in [0.25, 0.3) is 0 Å². The molecule has 1 N–H and O–H groups in total. The van der Waals surface area contributed by atoms with E-state index in [1.807, 2.05) is 0 Å². The van der Waals surface area contributed by atoms with Crippen molar-refractivity contribution in [3.8, 4) is 0 Å². The number of aliphatic hydroxyl groups excluding tert-OH is 1. The van der Waals surface area contributed by atoms with Crippen LogP contribution in [0.15, 0.2) is 18.2 Å². The molecule has 17 heavy (non-hydrogen) atoms. The zero-order valence-corrected chi connectivity index (χ0v) is 10.1. The molecule has 1 aromatic rings. The molecule has 0 radical (unpaired) electrons. The molecule has 1 aliphatic carbocycles. The van der Waals surface area contributed by atoms with E-state index in [0.717, 1.165) is 19.3 Å². The Balaban J connectivity index is 2.27. The van der Waals surface area contributed by atoms with E-state index in [4.69, 9.17) is 11.6 Å². The molecule has 0 aromatic heterocycles. The van der Waals surface area contributed by atoms with Crippen molar-refractivity contribution < 1.29 is 10.0 Å². The van der Waals surface area contributed by atoms with Gasteiger partial charge >= 0.3 is 0 Å². The van der Waals surface area contributed by atoms with Gasteiger partial charge < -0.3 is 5.11 Å². The maximum atomic E-state index is 10.9. The van der Waals surface area contributed by atoms with Crippen LogP contribution in [-0.4, -0.2) is 16.1 Å². The maximum Gasteiger partial charge on any atom is 0.274 e. The standard InChI is InChI=1S/C12H14ClNO3/c13-10-4-2-5-11(14(16)17)9(10)7-8-3-1-6-12(8)15/h2,4-5,8,12,15H,1,3,6-7H2. The number of benzene rings is 1. The van der Waals surface area contributed by atoms with Gasteiger partial charge in [0, 0.05) is 11.6 Å². The van der Waals surface area contributed by atoms with Gasteiger partial charge in [0.2, 0.25) is 0 Å². The third-order valence-electron chi connectivity index (χ3n) is 3.38. The van der Waals surface area contributed by atoms with Crippen molar-refractivity contribution in [1.29, 1.82) is 0 Å². The molecule has 92 valence electrons. The van der Waals surface area contributed by atoms with Crippen LogP contribution in [0.5, 0.6) is 0 Å². The molecular weight excluding hydrogens is 242 g/mol. The zero-order valence-electron chi connectivity index (χ0n) is 9.30. The van der Waals surface area contributed by atoms with Gasteiger partial charge in [-0.2, -0.15) is 0 Å². The summed E-state index contributed by atoms with van der Waals surface area (Å²) in [4.78, 5) is 10.5. The summed E-state index contributed by atoms with van der Waals surface area (Å²) < 4.78 is 0. The lowest BCUT2D eigenvalue weighted by Gasteiger charge is -2.15. The van der Waals surface area contributed by atoms with E-state index in [0.29, 0.717) is 17.0 Å². The lowest BCUT2D eigenvalue weighted by molar-refractivity contribution is -0.385. The van der Waals surface area contributed by atoms with Gasteiger partial charge in [-0.25, -0.2) is 0 Å². The van der Waals surface area contributed by atoms with Gasteiger partial charge in [-0.3, -0.25) is 10.1 Å². The van der Waals surface area contributed by atoms with Gasteiger partial charge in [-0.05, 0) is 31.2 Å². The third-order valence-corrected chi connectivity index (χ3v) is 3.73. The fourth-order valence-electron chi connectivity index (χ4n) is 2.44. The number of nitro benzene ring substituents is 1. The number of hydrogen-bond donors (Lipinski definition) is 1. The van der Waals surface area contributed by atoms with Gasteiger partial charge in [0.25, 0.3) is 5.69 Å². The van der Waals surface area contributed by atoms with Crippen LogP contribution < -0.4 is 0 Å². The molecule has 0 heterocycles. The summed E-state index contributed by atoms with van der Waals surface area (Å²) in [6.07, 6.45) is 2.79. The van der Waals surface area contributed by atoms with Crippen LogP contribution in [0.4, 0.5) is 5.69 Å². The van der Waals surface area contributed by atoms with Crippen molar-refractivity contribution in [3.63, 3.8) is 0 Å². The minimum Gasteiger partial charge on any atom is -0.393 e. The Morgan fingerprint density at radius 3 is 2.82 bits per heavy atom. The number of halogens is 1. The molecule has 0 aliphatic heterocycles. The molecule has 0 spiro atoms. The minimum absolute atomic E-state index is 0.0524. The van der Waals surface area contributed by atoms with Gasteiger partial charge in [0.15, 0.2) is 0 Å². The first-order valence-corrected chi connectivity index (χ1v) is 6.07. The number of nitro groups is 1. The lowest BCUT2D eigenvalue weighted by Crippen LogP contribution is -2.16. The van der Waals surface area contributed by atoms with E-state index in [1.54, 1.807) is 12.1 Å². The van der Waals surface area contributed by atoms with E-state index < -0.39 is 4.92 Å². The second-order valence-electron chi connectivity index (χ2n) is 4.46. The Labute approximate surface area is 104 Å². The molecule has 1 fully saturated rings. The predicted molar refractivity (Wildman–Crippen MR) is 65.2 cm³/mol. The van der Waals surface area contributed by atoms with E-state index in [2.05, 4.69) is 0 Å². The molecule has 2 rings (SSSR count). The molecule has 0 bridgehead atoms. The highest BCUT2D eigenvalue weighted by Gasteiger charge is 2.28. The van der Waals surface area contributed by atoms with Gasteiger partial charge in [0.1, 0.15) is 0 Å². The summed E-state index contributed by atoms with van der Waals surface area (Å²) in [6.45, 7) is 0. The molecular formula is C12H14ClNO3. The summed E-state index contributed by atoms with van der Waals surface area (Å²) in [7, 11) is 0. The van der Waals surface area contributed by atoms with Crippen LogP contribution in [0.2, 0.25) is 5.02 Å². The molecule has 2 unspecified atom stereocenters. The lowest BCUT2D eigenvalue weighted by atomic mass is 9.95. The Bertz CT molecular complexity index is 436. The van der Waals surface area contributed by atoms with Crippen molar-refractivity contribution in [2.45, 2.75) is 31.8 Å². The van der Waals surface area contributed by atoms with Crippen LogP contribution >= 0.6 is 11.6 Å².